The van der Waals surface area contributed by atoms with Gasteiger partial charge < -0.3 is 14.6 Å². The van der Waals surface area contributed by atoms with Crippen molar-refractivity contribution in [1.29, 1.82) is 0 Å². The van der Waals surface area contributed by atoms with E-state index in [4.69, 9.17) is 0 Å². The fourth-order valence-corrected chi connectivity index (χ4v) is 6.88. The predicted molar refractivity (Wildman–Crippen MR) is 160 cm³/mol. The van der Waals surface area contributed by atoms with Gasteiger partial charge in [-0.15, -0.1) is 0 Å². The van der Waals surface area contributed by atoms with Gasteiger partial charge in [0.05, 0.1) is 6.04 Å². The first-order valence-corrected chi connectivity index (χ1v) is 15.1. The Balaban J connectivity index is 2.03. The highest BCUT2D eigenvalue weighted by atomic mass is 79.9. The molecule has 0 aromatic heterocycles. The Hall–Kier alpha value is -1.87. The van der Waals surface area contributed by atoms with Gasteiger partial charge in [0.2, 0.25) is 5.92 Å². The molecule has 0 spiro atoms. The van der Waals surface area contributed by atoms with Gasteiger partial charge in [-0.3, -0.25) is 0 Å². The molecule has 1 heterocycles. The summed E-state index contributed by atoms with van der Waals surface area (Å²) in [6, 6.07) is 13.7. The Labute approximate surface area is 237 Å². The number of benzene rings is 2. The number of carbonyl (C=O) groups is 1. The summed E-state index contributed by atoms with van der Waals surface area (Å²) in [5.74, 6) is 1.69. The van der Waals surface area contributed by atoms with Crippen molar-refractivity contribution in [2.24, 2.45) is 0 Å². The molecule has 0 radical (unpaired) electrons. The Bertz CT molecular complexity index is 1150. The Morgan fingerprint density at radius 3 is 2.47 bits per heavy atom. The van der Waals surface area contributed by atoms with E-state index in [0.717, 1.165) is 33.8 Å². The van der Waals surface area contributed by atoms with Crippen LogP contribution in [-0.2, 0) is 17.6 Å². The van der Waals surface area contributed by atoms with Crippen molar-refractivity contribution in [3.63, 3.8) is 0 Å². The quantitative estimate of drug-likeness (QED) is 0.204. The molecule has 3 unspecified atom stereocenters. The minimum absolute atomic E-state index is 0.191. The summed E-state index contributed by atoms with van der Waals surface area (Å²) in [4.78, 5) is 17.8. The van der Waals surface area contributed by atoms with Crippen LogP contribution in [-0.4, -0.2) is 70.6 Å². The maximum absolute atomic E-state index is 14.1. The monoisotopic (exact) mass is 607 g/mol. The summed E-state index contributed by atoms with van der Waals surface area (Å²) in [5, 5.41) is 0. The van der Waals surface area contributed by atoms with Gasteiger partial charge in [-0.05, 0) is 70.5 Å². The molecule has 38 heavy (non-hydrogen) atoms. The second-order valence-corrected chi connectivity index (χ2v) is 13.2. The molecule has 8 heteroatoms. The van der Waals surface area contributed by atoms with Crippen molar-refractivity contribution in [3.8, 4) is 0 Å². The smallest absolute Gasteiger partial charge is 0.249 e. The minimum Gasteiger partial charge on any atom is -0.348 e. The SMILES string of the molecule is C=C1CCN(S(=C)c2ccc(Br)cc2CC(C)(F)F)C(CN(C)C(C)C)N1C(C=O)Cc1ccc(C)cc1. The summed E-state index contributed by atoms with van der Waals surface area (Å²) >= 11 is 3.45. The topological polar surface area (TPSA) is 26.8 Å². The number of hydrogen-bond donors (Lipinski definition) is 0. The van der Waals surface area contributed by atoms with Crippen molar-refractivity contribution in [2.75, 3.05) is 20.1 Å². The van der Waals surface area contributed by atoms with Gasteiger partial charge in [0.1, 0.15) is 12.5 Å². The zero-order valence-electron chi connectivity index (χ0n) is 23.1. The number of likely N-dealkylation sites (N-methyl/N-ethyl adjacent to an activating group) is 1. The van der Waals surface area contributed by atoms with Crippen LogP contribution in [0.15, 0.2) is 64.1 Å². The van der Waals surface area contributed by atoms with Crippen molar-refractivity contribution in [1.82, 2.24) is 14.1 Å². The number of aryl methyl sites for hydroxylation is 1. The van der Waals surface area contributed by atoms with Gasteiger partial charge in [0.25, 0.3) is 0 Å². The Morgan fingerprint density at radius 2 is 1.89 bits per heavy atom. The molecule has 3 rings (SSSR count). The third-order valence-electron chi connectivity index (χ3n) is 7.11. The summed E-state index contributed by atoms with van der Waals surface area (Å²) in [5.41, 5.74) is 3.76. The molecule has 4 nitrogen and oxygen atoms in total. The van der Waals surface area contributed by atoms with Crippen LogP contribution in [0.5, 0.6) is 0 Å². The Morgan fingerprint density at radius 1 is 1.24 bits per heavy atom. The lowest BCUT2D eigenvalue weighted by molar-refractivity contribution is -0.114. The van der Waals surface area contributed by atoms with Crippen molar-refractivity contribution >= 4 is 38.8 Å². The van der Waals surface area contributed by atoms with E-state index >= 15 is 0 Å². The minimum atomic E-state index is -2.84. The fraction of sp³-hybridized carbons (Fsp3) is 0.467. The lowest BCUT2D eigenvalue weighted by atomic mass is 10.0. The molecule has 0 saturated carbocycles. The van der Waals surface area contributed by atoms with Crippen LogP contribution in [0.1, 0.15) is 43.9 Å². The maximum Gasteiger partial charge on any atom is 0.249 e. The van der Waals surface area contributed by atoms with Crippen LogP contribution in [0.4, 0.5) is 8.78 Å². The number of alkyl halides is 2. The van der Waals surface area contributed by atoms with Crippen LogP contribution < -0.4 is 0 Å². The predicted octanol–water partition coefficient (Wildman–Crippen LogP) is 6.93. The first-order chi connectivity index (χ1) is 17.8. The number of nitrogens with zero attached hydrogens (tertiary/aromatic N) is 3. The molecule has 2 aromatic rings. The normalized spacial score (nSPS) is 18.7. The number of rotatable bonds is 11. The van der Waals surface area contributed by atoms with E-state index in [1.165, 1.54) is 5.56 Å². The summed E-state index contributed by atoms with van der Waals surface area (Å²) in [7, 11) is 1.33. The number of halogens is 3. The molecule has 1 fully saturated rings. The van der Waals surface area contributed by atoms with Crippen molar-refractivity contribution < 1.29 is 13.6 Å². The zero-order valence-corrected chi connectivity index (χ0v) is 25.5. The lowest BCUT2D eigenvalue weighted by Gasteiger charge is -2.50. The van der Waals surface area contributed by atoms with E-state index in [9.17, 15) is 13.6 Å². The molecular weight excluding hydrogens is 568 g/mol. The molecule has 3 atom stereocenters. The van der Waals surface area contributed by atoms with Gasteiger partial charge in [-0.25, -0.2) is 13.1 Å². The summed E-state index contributed by atoms with van der Waals surface area (Å²) < 4.78 is 31.3. The maximum atomic E-state index is 14.1. The average molecular weight is 609 g/mol. The van der Waals surface area contributed by atoms with Crippen LogP contribution >= 0.6 is 26.6 Å². The standard InChI is InChI=1S/C30H40BrF2N3OS/c1-21(2)34(6)19-29-35(38(7)28-13-12-26(31)17-25(28)18-30(5,32)33)15-14-23(4)36(29)27(20-37)16-24-10-8-22(3)9-11-24/h8-13,17,20-21,27,29H,4,7,14-16,18-19H2,1-3,5-6H3. The van der Waals surface area contributed by atoms with Crippen LogP contribution in [0.3, 0.4) is 0 Å². The molecule has 0 aliphatic carbocycles. The van der Waals surface area contributed by atoms with E-state index in [0.29, 0.717) is 31.5 Å². The van der Waals surface area contributed by atoms with Gasteiger partial charge in [-0.1, -0.05) is 68.9 Å². The van der Waals surface area contributed by atoms with Crippen molar-refractivity contribution in [3.05, 3.63) is 75.9 Å². The van der Waals surface area contributed by atoms with Crippen LogP contribution in [0.2, 0.25) is 0 Å². The van der Waals surface area contributed by atoms with Gasteiger partial charge in [0.15, 0.2) is 0 Å². The number of hydrogen-bond acceptors (Lipinski definition) is 4. The van der Waals surface area contributed by atoms with Crippen molar-refractivity contribution in [2.45, 2.75) is 76.0 Å². The van der Waals surface area contributed by atoms with Gasteiger partial charge in [-0.2, -0.15) is 0 Å². The third-order valence-corrected chi connectivity index (χ3v) is 9.50. The second kappa shape index (κ2) is 13.0. The molecule has 0 N–H and O–H groups in total. The fourth-order valence-electron chi connectivity index (χ4n) is 4.78. The molecule has 208 valence electrons. The lowest BCUT2D eigenvalue weighted by Crippen LogP contribution is -2.59. The van der Waals surface area contributed by atoms with Crippen LogP contribution in [0.25, 0.3) is 0 Å². The molecule has 1 aliphatic heterocycles. The van der Waals surface area contributed by atoms with Crippen LogP contribution in [0, 0.1) is 6.92 Å². The average Bonchev–Trinajstić information content (AvgIpc) is 2.83. The Kier molecular flexibility index (Phi) is 10.5. The largest absolute Gasteiger partial charge is 0.348 e. The molecule has 1 aliphatic rings. The highest BCUT2D eigenvalue weighted by Gasteiger charge is 2.38. The second-order valence-electron chi connectivity index (χ2n) is 10.6. The van der Waals surface area contributed by atoms with E-state index in [-0.39, 0.29) is 18.6 Å². The number of carbonyl (C=O) groups excluding carboxylic acids is 1. The van der Waals surface area contributed by atoms with E-state index in [2.05, 4.69) is 87.6 Å². The molecular formula is C30H40BrF2N3OS. The molecule has 0 amide bonds. The first-order valence-electron chi connectivity index (χ1n) is 12.9. The summed E-state index contributed by atoms with van der Waals surface area (Å²) in [6.07, 6.45) is 1.71. The van der Waals surface area contributed by atoms with Gasteiger partial charge >= 0.3 is 0 Å². The summed E-state index contributed by atoms with van der Waals surface area (Å²) in [6.45, 7) is 13.0. The van der Waals surface area contributed by atoms with Gasteiger partial charge in [0, 0.05) is 47.0 Å². The third kappa shape index (κ3) is 7.84. The number of aldehydes is 1. The highest BCUT2D eigenvalue weighted by molar-refractivity contribution is 9.10. The highest BCUT2D eigenvalue weighted by Crippen LogP contribution is 2.41. The molecule has 1 saturated heterocycles. The molecule has 0 bridgehead atoms. The molecule has 2 aromatic carbocycles. The van der Waals surface area contributed by atoms with E-state index in [1.54, 1.807) is 6.07 Å². The zero-order chi connectivity index (χ0) is 28.2. The first kappa shape index (κ1) is 30.7. The van der Waals surface area contributed by atoms with E-state index in [1.807, 2.05) is 19.1 Å². The van der Waals surface area contributed by atoms with E-state index < -0.39 is 22.6 Å².